The van der Waals surface area contributed by atoms with Gasteiger partial charge in [0.15, 0.2) is 0 Å². The second-order valence-electron chi connectivity index (χ2n) is 12.2. The van der Waals surface area contributed by atoms with E-state index in [2.05, 4.69) is 63.5 Å². The summed E-state index contributed by atoms with van der Waals surface area (Å²) in [5.41, 5.74) is 5.38. The van der Waals surface area contributed by atoms with Gasteiger partial charge in [0.25, 0.3) is 0 Å². The molecule has 1 unspecified atom stereocenters. The van der Waals surface area contributed by atoms with E-state index in [-0.39, 0.29) is 22.1 Å². The first kappa shape index (κ1) is 27.2. The Kier molecular flexibility index (Phi) is 7.46. The molecule has 2 aromatic carbocycles. The largest absolute Gasteiger partial charge is 0.507 e. The van der Waals surface area contributed by atoms with Crippen LogP contribution < -0.4 is 4.90 Å². The Morgan fingerprint density at radius 1 is 0.973 bits per heavy atom. The highest BCUT2D eigenvalue weighted by Gasteiger charge is 2.40. The summed E-state index contributed by atoms with van der Waals surface area (Å²) in [4.78, 5) is 16.2. The molecule has 1 fully saturated rings. The summed E-state index contributed by atoms with van der Waals surface area (Å²) < 4.78 is 0. The summed E-state index contributed by atoms with van der Waals surface area (Å²) >= 11 is 0. The van der Waals surface area contributed by atoms with Crippen molar-refractivity contribution in [1.29, 1.82) is 0 Å². The molecule has 200 valence electrons. The first-order chi connectivity index (χ1) is 17.3. The summed E-state index contributed by atoms with van der Waals surface area (Å²) in [7, 11) is 0. The van der Waals surface area contributed by atoms with E-state index in [1.807, 2.05) is 0 Å². The van der Waals surface area contributed by atoms with E-state index < -0.39 is 12.1 Å². The molecule has 1 heterocycles. The molecular formula is C31H42N2O4. The highest BCUT2D eigenvalue weighted by atomic mass is 16.4. The molecule has 1 atom stereocenters. The third kappa shape index (κ3) is 5.55. The van der Waals surface area contributed by atoms with E-state index >= 15 is 0 Å². The molecule has 0 amide bonds. The molecule has 0 bridgehead atoms. The normalized spacial score (nSPS) is 20.3. The summed E-state index contributed by atoms with van der Waals surface area (Å²) in [6.07, 6.45) is 4.83. The fraction of sp³-hybridized carbons (Fsp3) is 0.516. The molecule has 1 aliphatic heterocycles. The molecule has 2 aliphatic rings. The number of carboxylic acid groups (broad SMARTS) is 1. The van der Waals surface area contributed by atoms with Crippen LogP contribution in [0.25, 0.3) is 6.08 Å². The van der Waals surface area contributed by atoms with Gasteiger partial charge in [-0.2, -0.15) is 0 Å². The average Bonchev–Trinajstić information content (AvgIpc) is 2.84. The predicted molar refractivity (Wildman–Crippen MR) is 150 cm³/mol. The lowest BCUT2D eigenvalue weighted by Gasteiger charge is -2.46. The summed E-state index contributed by atoms with van der Waals surface area (Å²) in [5.74, 6) is -1.46. The zero-order valence-corrected chi connectivity index (χ0v) is 23.1. The third-order valence-electron chi connectivity index (χ3n) is 8.37. The molecule has 0 aromatic heterocycles. The topological polar surface area (TPSA) is 84.2 Å². The minimum absolute atomic E-state index is 0.0112. The summed E-state index contributed by atoms with van der Waals surface area (Å²) in [6.45, 7) is 17.8. The molecule has 6 nitrogen and oxygen atoms in total. The van der Waals surface area contributed by atoms with Crippen LogP contribution in [0, 0.1) is 0 Å². The number of aliphatic hydroxyl groups excluding tert-OH is 1. The molecule has 37 heavy (non-hydrogen) atoms. The Bertz CT molecular complexity index is 1190. The highest BCUT2D eigenvalue weighted by Crippen LogP contribution is 2.50. The van der Waals surface area contributed by atoms with Crippen LogP contribution in [0.1, 0.15) is 93.1 Å². The van der Waals surface area contributed by atoms with Crippen LogP contribution in [0.5, 0.6) is 5.75 Å². The number of benzene rings is 2. The van der Waals surface area contributed by atoms with Crippen molar-refractivity contribution in [2.24, 2.45) is 0 Å². The Labute approximate surface area is 221 Å². The maximum atomic E-state index is 11.3. The smallest absolute Gasteiger partial charge is 0.339 e. The van der Waals surface area contributed by atoms with Crippen LogP contribution >= 0.6 is 0 Å². The number of carbonyl (C=O) groups is 1. The van der Waals surface area contributed by atoms with Crippen LogP contribution in [-0.4, -0.2) is 58.4 Å². The van der Waals surface area contributed by atoms with Gasteiger partial charge in [0.05, 0.1) is 6.10 Å². The van der Waals surface area contributed by atoms with E-state index in [1.54, 1.807) is 18.2 Å². The monoisotopic (exact) mass is 506 g/mol. The van der Waals surface area contributed by atoms with Gasteiger partial charge in [0.2, 0.25) is 0 Å². The molecule has 3 N–H and O–H groups in total. The highest BCUT2D eigenvalue weighted by molar-refractivity contribution is 5.91. The van der Waals surface area contributed by atoms with Crippen LogP contribution in [0.4, 0.5) is 5.69 Å². The number of hydrogen-bond acceptors (Lipinski definition) is 5. The molecule has 2 aromatic rings. The van der Waals surface area contributed by atoms with Crippen molar-refractivity contribution in [3.63, 3.8) is 0 Å². The van der Waals surface area contributed by atoms with Gasteiger partial charge in [-0.3, -0.25) is 4.90 Å². The number of phenols is 1. The number of hydrogen-bond donors (Lipinski definition) is 3. The predicted octanol–water partition coefficient (Wildman–Crippen LogP) is 5.72. The lowest BCUT2D eigenvalue weighted by atomic mass is 9.62. The minimum atomic E-state index is -1.17. The maximum absolute atomic E-state index is 11.3. The SMILES string of the molecule is CC(C)N1CCN(c2cc(C(O)/C=C/c3ccc(C(=O)O)c(O)c3)cc3c2C(C)(C)CCC3(C)C)CC1. The maximum Gasteiger partial charge on any atom is 0.339 e. The molecule has 1 aliphatic carbocycles. The number of carboxylic acids is 1. The standard InChI is InChI=1S/C31H42N2O4/c1-20(2)32-13-15-33(16-14-32)25-19-22(18-24-28(25)31(5,6)12-11-30(24,3)4)26(34)10-8-21-7-9-23(29(36)37)27(35)17-21/h7-10,17-20,26,34-35H,11-16H2,1-6H3,(H,36,37)/b10-8+. The molecule has 4 rings (SSSR count). The molecule has 0 radical (unpaired) electrons. The van der Waals surface area contributed by atoms with Gasteiger partial charge in [-0.25, -0.2) is 4.79 Å². The number of anilines is 1. The van der Waals surface area contributed by atoms with E-state index in [4.69, 9.17) is 5.11 Å². The molecular weight excluding hydrogens is 464 g/mol. The number of rotatable bonds is 6. The lowest BCUT2D eigenvalue weighted by molar-refractivity contribution is 0.0693. The minimum Gasteiger partial charge on any atom is -0.507 e. The number of nitrogens with zero attached hydrogens (tertiary/aromatic N) is 2. The van der Waals surface area contributed by atoms with Gasteiger partial charge in [0.1, 0.15) is 11.3 Å². The number of piperazine rings is 1. The zero-order valence-electron chi connectivity index (χ0n) is 23.1. The third-order valence-corrected chi connectivity index (χ3v) is 8.37. The molecule has 0 spiro atoms. The van der Waals surface area contributed by atoms with Crippen LogP contribution in [0.2, 0.25) is 0 Å². The van der Waals surface area contributed by atoms with Gasteiger partial charge in [-0.1, -0.05) is 52.0 Å². The first-order valence-corrected chi connectivity index (χ1v) is 13.4. The van der Waals surface area contributed by atoms with Crippen LogP contribution in [0.3, 0.4) is 0 Å². The van der Waals surface area contributed by atoms with E-state index in [1.165, 1.54) is 28.9 Å². The zero-order chi connectivity index (χ0) is 27.1. The second-order valence-corrected chi connectivity index (χ2v) is 12.2. The lowest BCUT2D eigenvalue weighted by Crippen LogP contribution is -2.50. The Morgan fingerprint density at radius 3 is 2.22 bits per heavy atom. The van der Waals surface area contributed by atoms with Crippen molar-refractivity contribution in [2.75, 3.05) is 31.1 Å². The number of aliphatic hydroxyl groups is 1. The van der Waals surface area contributed by atoms with Crippen molar-refractivity contribution in [3.05, 3.63) is 64.2 Å². The van der Waals surface area contributed by atoms with Gasteiger partial charge in [-0.15, -0.1) is 0 Å². The van der Waals surface area contributed by atoms with Gasteiger partial charge >= 0.3 is 5.97 Å². The fourth-order valence-electron chi connectivity index (χ4n) is 5.82. The van der Waals surface area contributed by atoms with Gasteiger partial charge in [0, 0.05) is 37.9 Å². The van der Waals surface area contributed by atoms with Crippen molar-refractivity contribution in [2.45, 2.75) is 77.4 Å². The average molecular weight is 507 g/mol. The first-order valence-electron chi connectivity index (χ1n) is 13.4. The van der Waals surface area contributed by atoms with Crippen molar-refractivity contribution in [1.82, 2.24) is 4.90 Å². The molecule has 1 saturated heterocycles. The Morgan fingerprint density at radius 2 is 1.62 bits per heavy atom. The van der Waals surface area contributed by atoms with E-state index in [0.717, 1.165) is 44.6 Å². The Balaban J connectivity index is 1.72. The number of fused-ring (bicyclic) bond motifs is 1. The van der Waals surface area contributed by atoms with Crippen LogP contribution in [0.15, 0.2) is 36.4 Å². The number of aromatic carboxylic acids is 1. The molecule has 0 saturated carbocycles. The van der Waals surface area contributed by atoms with E-state index in [9.17, 15) is 15.0 Å². The van der Waals surface area contributed by atoms with Crippen molar-refractivity contribution >= 4 is 17.7 Å². The van der Waals surface area contributed by atoms with Crippen molar-refractivity contribution < 1.29 is 20.1 Å². The van der Waals surface area contributed by atoms with Crippen molar-refractivity contribution in [3.8, 4) is 5.75 Å². The van der Waals surface area contributed by atoms with E-state index in [0.29, 0.717) is 11.6 Å². The Hall–Kier alpha value is -2.83. The van der Waals surface area contributed by atoms with Gasteiger partial charge in [-0.05, 0) is 78.0 Å². The number of aromatic hydroxyl groups is 1. The van der Waals surface area contributed by atoms with Gasteiger partial charge < -0.3 is 20.2 Å². The molecule has 6 heteroatoms. The fourth-order valence-corrected chi connectivity index (χ4v) is 5.82. The second kappa shape index (κ2) is 10.1. The quantitative estimate of drug-likeness (QED) is 0.465. The summed E-state index contributed by atoms with van der Waals surface area (Å²) in [6, 6.07) is 9.31. The summed E-state index contributed by atoms with van der Waals surface area (Å²) in [5, 5.41) is 30.4. The van der Waals surface area contributed by atoms with Crippen LogP contribution in [-0.2, 0) is 10.8 Å².